The Hall–Kier alpha value is 0.0500. The number of thiophene rings is 1. The summed E-state index contributed by atoms with van der Waals surface area (Å²) in [5.41, 5.74) is -0.00115. The molecule has 0 saturated carbocycles. The molecule has 1 atom stereocenters. The summed E-state index contributed by atoms with van der Waals surface area (Å²) in [5, 5.41) is 3.44. The van der Waals surface area contributed by atoms with Gasteiger partial charge in [-0.1, -0.05) is 6.42 Å². The fourth-order valence-corrected chi connectivity index (χ4v) is 6.30. The molecule has 7 heteroatoms. The molecule has 1 aliphatic rings. The lowest BCUT2D eigenvalue weighted by Gasteiger charge is -2.36. The lowest BCUT2D eigenvalue weighted by Crippen LogP contribution is -2.51. The lowest BCUT2D eigenvalue weighted by atomic mass is 10.0. The number of hydrogen-bond acceptors (Lipinski definition) is 4. The molecule has 4 nitrogen and oxygen atoms in total. The van der Waals surface area contributed by atoms with Crippen LogP contribution in [0.1, 0.15) is 40.0 Å². The van der Waals surface area contributed by atoms with Gasteiger partial charge in [0.05, 0.1) is 3.79 Å². The van der Waals surface area contributed by atoms with E-state index in [9.17, 15) is 8.42 Å². The van der Waals surface area contributed by atoms with Gasteiger partial charge in [0.25, 0.3) is 10.0 Å². The van der Waals surface area contributed by atoms with Crippen molar-refractivity contribution in [3.05, 3.63) is 15.9 Å². The third-order valence-corrected chi connectivity index (χ3v) is 7.60. The van der Waals surface area contributed by atoms with Gasteiger partial charge in [0.1, 0.15) is 4.21 Å². The minimum atomic E-state index is -3.38. The normalized spacial score (nSPS) is 21.6. The van der Waals surface area contributed by atoms with E-state index in [-0.39, 0.29) is 11.6 Å². The average molecular weight is 395 g/mol. The minimum Gasteiger partial charge on any atom is -0.310 e. The number of hydrogen-bond donors (Lipinski definition) is 1. The highest BCUT2D eigenvalue weighted by atomic mass is 79.9. The first-order valence-electron chi connectivity index (χ1n) is 7.22. The monoisotopic (exact) mass is 394 g/mol. The zero-order chi connectivity index (χ0) is 15.7. The quantitative estimate of drug-likeness (QED) is 0.850. The van der Waals surface area contributed by atoms with E-state index in [2.05, 4.69) is 42.0 Å². The zero-order valence-corrected chi connectivity index (χ0v) is 15.9. The molecule has 0 aromatic carbocycles. The molecule has 2 rings (SSSR count). The second-order valence-electron chi connectivity index (χ2n) is 6.45. The molecule has 0 radical (unpaired) electrons. The summed E-state index contributed by atoms with van der Waals surface area (Å²) in [7, 11) is -3.38. The van der Waals surface area contributed by atoms with E-state index in [4.69, 9.17) is 0 Å². The maximum atomic E-state index is 12.8. The Bertz CT molecular complexity index is 578. The second-order valence-corrected chi connectivity index (χ2v) is 11.0. The molecule has 0 aliphatic carbocycles. The van der Waals surface area contributed by atoms with Crippen LogP contribution >= 0.6 is 27.3 Å². The van der Waals surface area contributed by atoms with Gasteiger partial charge in [0, 0.05) is 24.7 Å². The van der Waals surface area contributed by atoms with Crippen LogP contribution in [0.4, 0.5) is 0 Å². The van der Waals surface area contributed by atoms with Crippen LogP contribution in [0.5, 0.6) is 0 Å². The number of rotatable bonds is 4. The number of nitrogens with zero attached hydrogens (tertiary/aromatic N) is 1. The first-order valence-corrected chi connectivity index (χ1v) is 10.3. The average Bonchev–Trinajstić information content (AvgIpc) is 2.83. The largest absolute Gasteiger partial charge is 0.310 e. The smallest absolute Gasteiger partial charge is 0.252 e. The highest BCUT2D eigenvalue weighted by Gasteiger charge is 2.34. The molecule has 0 amide bonds. The molecular weight excluding hydrogens is 372 g/mol. The SMILES string of the molecule is CC(C)(C)NCC1CCCCN1S(=O)(=O)c1ccc(Br)s1. The molecule has 1 aromatic heterocycles. The summed E-state index contributed by atoms with van der Waals surface area (Å²) in [6, 6.07) is 3.53. The Morgan fingerprint density at radius 3 is 2.67 bits per heavy atom. The van der Waals surface area contributed by atoms with Gasteiger partial charge in [-0.15, -0.1) is 11.3 Å². The van der Waals surface area contributed by atoms with Gasteiger partial charge in [-0.25, -0.2) is 8.42 Å². The van der Waals surface area contributed by atoms with Gasteiger partial charge in [-0.05, 0) is 61.7 Å². The van der Waals surface area contributed by atoms with Gasteiger partial charge in [0.15, 0.2) is 0 Å². The molecule has 2 heterocycles. The van der Waals surface area contributed by atoms with E-state index < -0.39 is 10.0 Å². The van der Waals surface area contributed by atoms with Crippen LogP contribution in [0.2, 0.25) is 0 Å². The lowest BCUT2D eigenvalue weighted by molar-refractivity contribution is 0.231. The third-order valence-electron chi connectivity index (χ3n) is 3.55. The van der Waals surface area contributed by atoms with Crippen molar-refractivity contribution in [2.24, 2.45) is 0 Å². The van der Waals surface area contributed by atoms with Crippen LogP contribution in [-0.2, 0) is 10.0 Å². The van der Waals surface area contributed by atoms with Crippen molar-refractivity contribution in [2.45, 2.75) is 55.8 Å². The van der Waals surface area contributed by atoms with Crippen molar-refractivity contribution in [1.29, 1.82) is 0 Å². The molecule has 0 spiro atoms. The van der Waals surface area contributed by atoms with E-state index in [1.807, 2.05) is 0 Å². The summed E-state index contributed by atoms with van der Waals surface area (Å²) in [5.74, 6) is 0. The van der Waals surface area contributed by atoms with Crippen molar-refractivity contribution in [2.75, 3.05) is 13.1 Å². The summed E-state index contributed by atoms with van der Waals surface area (Å²) in [6.45, 7) is 7.63. The van der Waals surface area contributed by atoms with E-state index in [0.717, 1.165) is 23.0 Å². The topological polar surface area (TPSA) is 49.4 Å². The molecule has 21 heavy (non-hydrogen) atoms. The van der Waals surface area contributed by atoms with Crippen molar-refractivity contribution >= 4 is 37.3 Å². The van der Waals surface area contributed by atoms with Crippen LogP contribution < -0.4 is 5.32 Å². The molecule has 120 valence electrons. The van der Waals surface area contributed by atoms with Gasteiger partial charge >= 0.3 is 0 Å². The fourth-order valence-electron chi connectivity index (χ4n) is 2.47. The van der Waals surface area contributed by atoms with E-state index in [0.29, 0.717) is 17.3 Å². The van der Waals surface area contributed by atoms with Crippen LogP contribution in [0.25, 0.3) is 0 Å². The van der Waals surface area contributed by atoms with Crippen molar-refractivity contribution in [1.82, 2.24) is 9.62 Å². The Morgan fingerprint density at radius 1 is 1.38 bits per heavy atom. The second kappa shape index (κ2) is 6.66. The predicted octanol–water partition coefficient (Wildman–Crippen LogP) is 3.44. The van der Waals surface area contributed by atoms with Crippen LogP contribution in [-0.4, -0.2) is 37.4 Å². The molecule has 1 N–H and O–H groups in total. The summed E-state index contributed by atoms with van der Waals surface area (Å²) in [4.78, 5) is 0. The highest BCUT2D eigenvalue weighted by Crippen LogP contribution is 2.31. The number of halogens is 1. The minimum absolute atomic E-state index is 0.00115. The Balaban J connectivity index is 2.18. The van der Waals surface area contributed by atoms with E-state index >= 15 is 0 Å². The number of sulfonamides is 1. The number of nitrogens with one attached hydrogen (secondary N) is 1. The van der Waals surface area contributed by atoms with Crippen LogP contribution in [0, 0.1) is 0 Å². The first kappa shape index (κ1) is 17.4. The molecule has 1 aromatic rings. The Labute approximate surface area is 140 Å². The molecule has 1 fully saturated rings. The van der Waals surface area contributed by atoms with Gasteiger partial charge in [-0.3, -0.25) is 0 Å². The van der Waals surface area contributed by atoms with E-state index in [1.54, 1.807) is 16.4 Å². The predicted molar refractivity (Wildman–Crippen MR) is 91.3 cm³/mol. The third kappa shape index (κ3) is 4.51. The maximum Gasteiger partial charge on any atom is 0.252 e. The van der Waals surface area contributed by atoms with Crippen LogP contribution in [0.15, 0.2) is 20.1 Å². The van der Waals surface area contributed by atoms with Gasteiger partial charge in [0.2, 0.25) is 0 Å². The molecule has 1 saturated heterocycles. The standard InChI is InChI=1S/C14H23BrN2O2S2/c1-14(2,3)16-10-11-6-4-5-9-17(11)21(18,19)13-8-7-12(15)20-13/h7-8,11,16H,4-6,9-10H2,1-3H3. The Kier molecular flexibility index (Phi) is 5.52. The first-order chi connectivity index (χ1) is 9.70. The van der Waals surface area contributed by atoms with Gasteiger partial charge < -0.3 is 5.32 Å². The molecule has 0 bridgehead atoms. The fraction of sp³-hybridized carbons (Fsp3) is 0.714. The molecular formula is C14H23BrN2O2S2. The maximum absolute atomic E-state index is 12.8. The summed E-state index contributed by atoms with van der Waals surface area (Å²) < 4.78 is 28.6. The summed E-state index contributed by atoms with van der Waals surface area (Å²) in [6.07, 6.45) is 2.96. The van der Waals surface area contributed by atoms with Crippen molar-refractivity contribution in [3.8, 4) is 0 Å². The van der Waals surface area contributed by atoms with Gasteiger partial charge in [-0.2, -0.15) is 4.31 Å². The zero-order valence-electron chi connectivity index (χ0n) is 12.7. The molecule has 1 unspecified atom stereocenters. The summed E-state index contributed by atoms with van der Waals surface area (Å²) >= 11 is 4.62. The van der Waals surface area contributed by atoms with Crippen LogP contribution in [0.3, 0.4) is 0 Å². The van der Waals surface area contributed by atoms with E-state index in [1.165, 1.54) is 11.3 Å². The number of piperidine rings is 1. The Morgan fingerprint density at radius 2 is 2.10 bits per heavy atom. The van der Waals surface area contributed by atoms with Crippen molar-refractivity contribution in [3.63, 3.8) is 0 Å². The van der Waals surface area contributed by atoms with Crippen molar-refractivity contribution < 1.29 is 8.42 Å². The molecule has 1 aliphatic heterocycles. The highest BCUT2D eigenvalue weighted by molar-refractivity contribution is 9.11.